The van der Waals surface area contributed by atoms with Crippen molar-refractivity contribution in [2.45, 2.75) is 4.90 Å². The summed E-state index contributed by atoms with van der Waals surface area (Å²) >= 11 is 0. The highest BCUT2D eigenvalue weighted by Crippen LogP contribution is 2.24. The van der Waals surface area contributed by atoms with Crippen LogP contribution in [-0.2, 0) is 19.4 Å². The van der Waals surface area contributed by atoms with Crippen molar-refractivity contribution >= 4 is 21.5 Å². The van der Waals surface area contributed by atoms with E-state index in [-0.39, 0.29) is 0 Å². The van der Waals surface area contributed by atoms with Gasteiger partial charge in [0, 0.05) is 17.6 Å². The van der Waals surface area contributed by atoms with Crippen molar-refractivity contribution in [3.63, 3.8) is 0 Å². The predicted octanol–water partition coefficient (Wildman–Crippen LogP) is 1.06. The molecule has 1 rings (SSSR count). The third-order valence-corrected chi connectivity index (χ3v) is 3.41. The summed E-state index contributed by atoms with van der Waals surface area (Å²) in [5.41, 5.74) is -0.549. The molecule has 96 valence electrons. The van der Waals surface area contributed by atoms with Gasteiger partial charge in [-0.2, -0.15) is 0 Å². The quantitative estimate of drug-likeness (QED) is 0.351. The Labute approximate surface area is 103 Å². The number of para-hydroxylation sites is 1. The molecular formula is C10H9NO6S. The van der Waals surface area contributed by atoms with Gasteiger partial charge in [0.15, 0.2) is 0 Å². The summed E-state index contributed by atoms with van der Waals surface area (Å²) in [5.74, 6) is -0.864. The highest BCUT2D eigenvalue weighted by Gasteiger charge is 2.22. The first-order chi connectivity index (χ1) is 8.38. The molecule has 0 heterocycles. The number of sulfone groups is 1. The topological polar surface area (TPSA) is 104 Å². The summed E-state index contributed by atoms with van der Waals surface area (Å²) < 4.78 is 27.8. The maximum Gasteiger partial charge on any atom is 0.331 e. The minimum absolute atomic E-state index is 0.477. The first-order valence-corrected chi connectivity index (χ1v) is 6.17. The molecule has 0 aliphatic rings. The normalized spacial score (nSPS) is 11.4. The van der Waals surface area contributed by atoms with Gasteiger partial charge in [-0.3, -0.25) is 10.1 Å². The number of carbonyl (C=O) groups excluding carboxylic acids is 1. The van der Waals surface area contributed by atoms with Crippen LogP contribution in [0.4, 0.5) is 5.69 Å². The Kier molecular flexibility index (Phi) is 4.16. The van der Waals surface area contributed by atoms with Crippen LogP contribution in [0.2, 0.25) is 0 Å². The summed E-state index contributed by atoms with van der Waals surface area (Å²) in [4.78, 5) is 20.2. The lowest BCUT2D eigenvalue weighted by molar-refractivity contribution is -0.387. The van der Waals surface area contributed by atoms with Gasteiger partial charge >= 0.3 is 5.97 Å². The number of hydrogen-bond donors (Lipinski definition) is 0. The monoisotopic (exact) mass is 271 g/mol. The molecule has 0 radical (unpaired) electrons. The summed E-state index contributed by atoms with van der Waals surface area (Å²) in [6.07, 6.45) is 0.687. The van der Waals surface area contributed by atoms with Gasteiger partial charge in [-0.05, 0) is 6.07 Å². The Balaban J connectivity index is 3.25. The summed E-state index contributed by atoms with van der Waals surface area (Å²) in [6.45, 7) is 0. The number of rotatable bonds is 4. The number of hydrogen-bond acceptors (Lipinski definition) is 6. The van der Waals surface area contributed by atoms with Crippen LogP contribution in [0.15, 0.2) is 40.6 Å². The first kappa shape index (κ1) is 13.8. The van der Waals surface area contributed by atoms with Crippen molar-refractivity contribution in [3.05, 3.63) is 45.9 Å². The van der Waals surface area contributed by atoms with Crippen LogP contribution < -0.4 is 0 Å². The van der Waals surface area contributed by atoms with Gasteiger partial charge in [-0.15, -0.1) is 0 Å². The van der Waals surface area contributed by atoms with Crippen LogP contribution in [0.5, 0.6) is 0 Å². The van der Waals surface area contributed by atoms with E-state index in [0.717, 1.165) is 19.2 Å². The number of esters is 1. The van der Waals surface area contributed by atoms with Gasteiger partial charge in [0.25, 0.3) is 5.69 Å². The average Bonchev–Trinajstić information content (AvgIpc) is 2.36. The highest BCUT2D eigenvalue weighted by atomic mass is 32.2. The molecule has 0 fully saturated rings. The molecule has 0 amide bonds. The zero-order chi connectivity index (χ0) is 13.8. The largest absolute Gasteiger partial charge is 0.466 e. The van der Waals surface area contributed by atoms with Gasteiger partial charge in [0.05, 0.1) is 12.0 Å². The Bertz CT molecular complexity index is 605. The predicted molar refractivity (Wildman–Crippen MR) is 61.4 cm³/mol. The molecule has 0 saturated carbocycles. The molecule has 0 unspecified atom stereocenters. The van der Waals surface area contributed by atoms with Crippen molar-refractivity contribution in [1.82, 2.24) is 0 Å². The fraction of sp³-hybridized carbons (Fsp3) is 0.100. The second-order valence-corrected chi connectivity index (χ2v) is 4.90. The van der Waals surface area contributed by atoms with Gasteiger partial charge in [0.2, 0.25) is 9.84 Å². The average molecular weight is 271 g/mol. The van der Waals surface area contributed by atoms with Crippen LogP contribution >= 0.6 is 0 Å². The van der Waals surface area contributed by atoms with Crippen molar-refractivity contribution in [2.75, 3.05) is 7.11 Å². The van der Waals surface area contributed by atoms with Gasteiger partial charge in [-0.25, -0.2) is 13.2 Å². The minimum Gasteiger partial charge on any atom is -0.466 e. The fourth-order valence-electron chi connectivity index (χ4n) is 1.14. The number of nitro groups is 1. The molecule has 0 atom stereocenters. The molecule has 1 aromatic rings. The van der Waals surface area contributed by atoms with E-state index >= 15 is 0 Å². The van der Waals surface area contributed by atoms with E-state index in [2.05, 4.69) is 4.74 Å². The minimum atomic E-state index is -4.06. The lowest BCUT2D eigenvalue weighted by atomic mass is 10.3. The van der Waals surface area contributed by atoms with Crippen molar-refractivity contribution < 1.29 is 22.9 Å². The molecule has 18 heavy (non-hydrogen) atoms. The molecule has 0 aliphatic carbocycles. The van der Waals surface area contributed by atoms with E-state index in [1.165, 1.54) is 12.1 Å². The molecule has 1 aromatic carbocycles. The molecule has 0 bridgehead atoms. The van der Waals surface area contributed by atoms with E-state index in [4.69, 9.17) is 0 Å². The number of nitro benzene ring substituents is 1. The summed E-state index contributed by atoms with van der Waals surface area (Å²) in [6, 6.07) is 4.86. The number of ether oxygens (including phenoxy) is 1. The summed E-state index contributed by atoms with van der Waals surface area (Å²) in [7, 11) is -2.98. The van der Waals surface area contributed by atoms with E-state index < -0.39 is 31.3 Å². The van der Waals surface area contributed by atoms with Gasteiger partial charge in [-0.1, -0.05) is 12.1 Å². The number of carbonyl (C=O) groups is 1. The second kappa shape index (κ2) is 5.41. The van der Waals surface area contributed by atoms with Gasteiger partial charge < -0.3 is 4.74 Å². The Morgan fingerprint density at radius 1 is 1.39 bits per heavy atom. The molecule has 0 aliphatic heterocycles. The Morgan fingerprint density at radius 2 is 2.00 bits per heavy atom. The molecule has 7 nitrogen and oxygen atoms in total. The molecule has 0 spiro atoms. The molecular weight excluding hydrogens is 262 g/mol. The molecule has 0 N–H and O–H groups in total. The molecule has 0 aromatic heterocycles. The second-order valence-electron chi connectivity index (χ2n) is 3.10. The molecule has 0 saturated heterocycles. The van der Waals surface area contributed by atoms with Crippen molar-refractivity contribution in [1.29, 1.82) is 0 Å². The number of methoxy groups -OCH3 is 1. The first-order valence-electron chi connectivity index (χ1n) is 4.63. The third-order valence-electron chi connectivity index (χ3n) is 1.95. The molecule has 8 heteroatoms. The SMILES string of the molecule is COC(=O)/C=C/S(=O)(=O)c1ccccc1[N+](=O)[O-]. The third kappa shape index (κ3) is 3.14. The van der Waals surface area contributed by atoms with Crippen molar-refractivity contribution in [2.24, 2.45) is 0 Å². The number of nitrogens with zero attached hydrogens (tertiary/aromatic N) is 1. The lowest BCUT2D eigenvalue weighted by Crippen LogP contribution is -2.03. The zero-order valence-electron chi connectivity index (χ0n) is 9.27. The van der Waals surface area contributed by atoms with Crippen LogP contribution in [0.3, 0.4) is 0 Å². The number of benzene rings is 1. The standard InChI is InChI=1S/C10H9NO6S/c1-17-10(12)6-7-18(15,16)9-5-3-2-4-8(9)11(13)14/h2-7H,1H3/b7-6+. The smallest absolute Gasteiger partial charge is 0.331 e. The van der Waals surface area contributed by atoms with Gasteiger partial charge in [0.1, 0.15) is 4.90 Å². The Hall–Kier alpha value is -2.22. The maximum absolute atomic E-state index is 11.8. The van der Waals surface area contributed by atoms with E-state index in [1.54, 1.807) is 0 Å². The maximum atomic E-state index is 11.8. The van der Waals surface area contributed by atoms with Crippen LogP contribution in [0, 0.1) is 10.1 Å². The van der Waals surface area contributed by atoms with E-state index in [1.807, 2.05) is 0 Å². The van der Waals surface area contributed by atoms with Crippen LogP contribution in [-0.4, -0.2) is 26.4 Å². The van der Waals surface area contributed by atoms with E-state index in [0.29, 0.717) is 11.5 Å². The van der Waals surface area contributed by atoms with E-state index in [9.17, 15) is 23.3 Å². The fourth-order valence-corrected chi connectivity index (χ4v) is 2.27. The van der Waals surface area contributed by atoms with Crippen molar-refractivity contribution in [3.8, 4) is 0 Å². The van der Waals surface area contributed by atoms with Crippen LogP contribution in [0.1, 0.15) is 0 Å². The summed E-state index contributed by atoms with van der Waals surface area (Å²) in [5, 5.41) is 11.3. The highest BCUT2D eigenvalue weighted by molar-refractivity contribution is 7.94. The lowest BCUT2D eigenvalue weighted by Gasteiger charge is -2.00. The van der Waals surface area contributed by atoms with Crippen LogP contribution in [0.25, 0.3) is 0 Å². The zero-order valence-corrected chi connectivity index (χ0v) is 10.1. The Morgan fingerprint density at radius 3 is 2.56 bits per heavy atom.